The molecule has 2 aromatic rings. The third kappa shape index (κ3) is 7.36. The Morgan fingerprint density at radius 2 is 1.06 bits per heavy atom. The molecule has 0 radical (unpaired) electrons. The molecule has 0 saturated heterocycles. The fourth-order valence-corrected chi connectivity index (χ4v) is 7.81. The van der Waals surface area contributed by atoms with Gasteiger partial charge < -0.3 is 0 Å². The number of unbranched alkanes of at least 4 members (excludes halogenated alkanes) is 2. The summed E-state index contributed by atoms with van der Waals surface area (Å²) in [6, 6.07) is 15.3. The fraction of sp³-hybridized carbons (Fsp3) is 0.357. The minimum absolute atomic E-state index is 0.160. The number of hydrogen-bond acceptors (Lipinski definition) is 2. The maximum absolute atomic E-state index is 13.3. The Kier molecular flexibility index (Phi) is 10.00. The maximum atomic E-state index is 13.3. The van der Waals surface area contributed by atoms with E-state index in [9.17, 15) is 9.59 Å². The normalized spacial score (nSPS) is 11.7. The molecule has 0 spiro atoms. The molecule has 0 heterocycles. The van der Waals surface area contributed by atoms with Crippen LogP contribution in [0.4, 0.5) is 0 Å². The summed E-state index contributed by atoms with van der Waals surface area (Å²) in [6.45, 7) is 11.9. The molecule has 0 aliphatic heterocycles. The monoisotopic (exact) mass is 436 g/mol. The maximum Gasteiger partial charge on any atom is 0.171 e. The van der Waals surface area contributed by atoms with Gasteiger partial charge in [-0.1, -0.05) is 101 Å². The van der Waals surface area contributed by atoms with Crippen molar-refractivity contribution < 1.29 is 9.59 Å². The molecular weight excluding hydrogens is 400 g/mol. The van der Waals surface area contributed by atoms with Gasteiger partial charge in [0.25, 0.3) is 0 Å². The number of Topliss-reactive ketones (excluding diaryl/α,β-unsaturated/α-hetero) is 2. The quantitative estimate of drug-likeness (QED) is 0.288. The summed E-state index contributed by atoms with van der Waals surface area (Å²) < 4.78 is 0. The fourth-order valence-electron chi connectivity index (χ4n) is 3.68. The van der Waals surface area contributed by atoms with Gasteiger partial charge in [-0.25, -0.2) is 10.0 Å². The summed E-state index contributed by atoms with van der Waals surface area (Å²) >= 11 is 0. The van der Waals surface area contributed by atoms with Gasteiger partial charge in [-0.2, -0.15) is 0 Å². The van der Waals surface area contributed by atoms with Crippen molar-refractivity contribution in [2.45, 2.75) is 39.5 Å². The van der Waals surface area contributed by atoms with Crippen LogP contribution in [0.1, 0.15) is 71.4 Å². The average Bonchev–Trinajstić information content (AvgIpc) is 2.81. The summed E-state index contributed by atoms with van der Waals surface area (Å²) in [6.07, 6.45) is 7.83. The smallest absolute Gasteiger partial charge is 0.171 e. The molecule has 0 fully saturated rings. The van der Waals surface area contributed by atoms with E-state index in [1.165, 1.54) is 0 Å². The Morgan fingerprint density at radius 3 is 1.35 bits per heavy atom. The van der Waals surface area contributed by atoms with E-state index in [-0.39, 0.29) is 11.6 Å². The lowest BCUT2D eigenvalue weighted by Crippen LogP contribution is -2.27. The Labute approximate surface area is 189 Å². The summed E-state index contributed by atoms with van der Waals surface area (Å²) in [5.41, 5.74) is 3.48. The van der Waals surface area contributed by atoms with Crippen LogP contribution in [0, 0.1) is 0 Å². The Morgan fingerprint density at radius 1 is 0.710 bits per heavy atom. The lowest BCUT2D eigenvalue weighted by molar-refractivity contribution is 0.102. The van der Waals surface area contributed by atoms with E-state index in [4.69, 9.17) is 0 Å². The minimum atomic E-state index is -1.39. The van der Waals surface area contributed by atoms with Gasteiger partial charge in [0.1, 0.15) is 0 Å². The summed E-state index contributed by atoms with van der Waals surface area (Å²) in [7, 11) is -1.39. The second kappa shape index (κ2) is 12.5. The highest BCUT2D eigenvalue weighted by molar-refractivity contribution is 8.34. The topological polar surface area (TPSA) is 34.1 Å². The number of carbonyl (C=O) groups is 2. The molecule has 0 bridgehead atoms. The van der Waals surface area contributed by atoms with E-state index < -0.39 is 10.0 Å². The summed E-state index contributed by atoms with van der Waals surface area (Å²) in [5, 5.41) is 0. The molecule has 2 nitrogen and oxygen atoms in total. The van der Waals surface area contributed by atoms with E-state index in [1.54, 1.807) is 12.2 Å². The zero-order valence-electron chi connectivity index (χ0n) is 19.1. The largest absolute Gasteiger partial charge is 0.293 e. The first kappa shape index (κ1) is 24.9. The molecule has 2 aromatic carbocycles. The standard InChI is InChI=1S/C28H36O2S/c1-5-9-19-31(20-10-6-2,21-27(29)25-15-11-23(7-3)12-16-25)22-28(30)26-17-13-24(8-4)14-18-26/h7-8,11-18H,3-6,9-10,19-22H2,1-2H3. The molecule has 2 rings (SSSR count). The van der Waals surface area contributed by atoms with Crippen LogP contribution in [-0.2, 0) is 0 Å². The van der Waals surface area contributed by atoms with Gasteiger partial charge in [0.05, 0.1) is 0 Å². The van der Waals surface area contributed by atoms with Gasteiger partial charge in [-0.15, -0.1) is 0 Å². The number of hydrogen-bond donors (Lipinski definition) is 0. The molecule has 3 heteroatoms. The van der Waals surface area contributed by atoms with E-state index in [1.807, 2.05) is 48.5 Å². The van der Waals surface area contributed by atoms with Crippen molar-refractivity contribution in [1.29, 1.82) is 0 Å². The molecule has 0 N–H and O–H groups in total. The molecule has 0 unspecified atom stereocenters. The van der Waals surface area contributed by atoms with Crippen molar-refractivity contribution in [2.75, 3.05) is 23.0 Å². The SMILES string of the molecule is C=Cc1ccc(C(=O)CS(CCCC)(CCCC)CC(=O)c2ccc(C=C)cc2)cc1. The molecular formula is C28H36O2S. The molecule has 0 aliphatic carbocycles. The first-order chi connectivity index (χ1) is 15.0. The number of benzene rings is 2. The first-order valence-corrected chi connectivity index (χ1v) is 13.5. The lowest BCUT2D eigenvalue weighted by atomic mass is 10.1. The number of carbonyl (C=O) groups excluding carboxylic acids is 2. The van der Waals surface area contributed by atoms with Gasteiger partial charge in [0.2, 0.25) is 0 Å². The lowest BCUT2D eigenvalue weighted by Gasteiger charge is -2.39. The number of ketones is 2. The van der Waals surface area contributed by atoms with Crippen LogP contribution in [0.25, 0.3) is 12.2 Å². The van der Waals surface area contributed by atoms with Crippen molar-refractivity contribution in [3.63, 3.8) is 0 Å². The minimum Gasteiger partial charge on any atom is -0.293 e. The Bertz CT molecular complexity index is 803. The molecule has 0 saturated carbocycles. The second-order valence-electron chi connectivity index (χ2n) is 8.13. The second-order valence-corrected chi connectivity index (χ2v) is 12.0. The predicted molar refractivity (Wildman–Crippen MR) is 139 cm³/mol. The van der Waals surface area contributed by atoms with Crippen LogP contribution in [0.15, 0.2) is 61.7 Å². The summed E-state index contributed by atoms with van der Waals surface area (Å²) in [5.74, 6) is 3.28. The van der Waals surface area contributed by atoms with Gasteiger partial charge in [-0.05, 0) is 35.5 Å². The molecule has 0 aromatic heterocycles. The third-order valence-corrected chi connectivity index (χ3v) is 9.73. The molecule has 0 atom stereocenters. The van der Waals surface area contributed by atoms with Gasteiger partial charge >= 0.3 is 0 Å². The third-order valence-electron chi connectivity index (χ3n) is 5.67. The molecule has 166 valence electrons. The van der Waals surface area contributed by atoms with Crippen LogP contribution in [-0.4, -0.2) is 34.6 Å². The predicted octanol–water partition coefficient (Wildman–Crippen LogP) is 7.44. The summed E-state index contributed by atoms with van der Waals surface area (Å²) in [4.78, 5) is 26.5. The highest BCUT2D eigenvalue weighted by Gasteiger charge is 2.30. The first-order valence-electron chi connectivity index (χ1n) is 11.2. The van der Waals surface area contributed by atoms with Crippen molar-refractivity contribution in [3.8, 4) is 0 Å². The van der Waals surface area contributed by atoms with Crippen molar-refractivity contribution in [2.24, 2.45) is 0 Å². The van der Waals surface area contributed by atoms with Crippen LogP contribution in [0.3, 0.4) is 0 Å². The molecule has 31 heavy (non-hydrogen) atoms. The van der Waals surface area contributed by atoms with Gasteiger partial charge in [0, 0.05) is 22.6 Å². The van der Waals surface area contributed by atoms with Gasteiger partial charge in [0.15, 0.2) is 11.6 Å². The highest BCUT2D eigenvalue weighted by atomic mass is 32.3. The van der Waals surface area contributed by atoms with Crippen LogP contribution >= 0.6 is 10.0 Å². The zero-order chi connectivity index (χ0) is 22.7. The van der Waals surface area contributed by atoms with E-state index in [2.05, 4.69) is 27.0 Å². The Hall–Kier alpha value is -2.39. The van der Waals surface area contributed by atoms with Crippen molar-refractivity contribution in [1.82, 2.24) is 0 Å². The van der Waals surface area contributed by atoms with Crippen molar-refractivity contribution >= 4 is 33.7 Å². The average molecular weight is 437 g/mol. The van der Waals surface area contributed by atoms with Crippen LogP contribution < -0.4 is 0 Å². The Balaban J connectivity index is 2.30. The van der Waals surface area contributed by atoms with Crippen molar-refractivity contribution in [3.05, 3.63) is 83.9 Å². The van der Waals surface area contributed by atoms with E-state index in [0.29, 0.717) is 11.5 Å². The van der Waals surface area contributed by atoms with E-state index >= 15 is 0 Å². The molecule has 0 amide bonds. The van der Waals surface area contributed by atoms with Crippen LogP contribution in [0.5, 0.6) is 0 Å². The zero-order valence-corrected chi connectivity index (χ0v) is 19.9. The van der Waals surface area contributed by atoms with E-state index in [0.717, 1.165) is 59.4 Å². The van der Waals surface area contributed by atoms with Gasteiger partial charge in [-0.3, -0.25) is 9.59 Å². The van der Waals surface area contributed by atoms with Crippen LogP contribution in [0.2, 0.25) is 0 Å². The molecule has 0 aliphatic rings. The number of rotatable bonds is 14. The highest BCUT2D eigenvalue weighted by Crippen LogP contribution is 2.50.